The lowest BCUT2D eigenvalue weighted by atomic mass is 9.73. The van der Waals surface area contributed by atoms with Crippen LogP contribution in [0.15, 0.2) is 42.7 Å². The summed E-state index contributed by atoms with van der Waals surface area (Å²) in [6, 6.07) is 8.47. The number of pyridine rings is 1. The Morgan fingerprint density at radius 3 is 2.49 bits per heavy atom. The van der Waals surface area contributed by atoms with E-state index in [4.69, 9.17) is 14.2 Å². The lowest BCUT2D eigenvalue weighted by Gasteiger charge is -2.37. The topological polar surface area (TPSA) is 89.9 Å². The molecule has 1 unspecified atom stereocenters. The average Bonchev–Trinajstić information content (AvgIpc) is 2.83. The van der Waals surface area contributed by atoms with E-state index in [0.29, 0.717) is 24.3 Å². The van der Waals surface area contributed by atoms with Gasteiger partial charge in [0.15, 0.2) is 11.9 Å². The van der Waals surface area contributed by atoms with Crippen molar-refractivity contribution in [1.29, 1.82) is 0 Å². The highest BCUT2D eigenvalue weighted by Crippen LogP contribution is 2.43. The lowest BCUT2D eigenvalue weighted by Crippen LogP contribution is -2.48. The van der Waals surface area contributed by atoms with Gasteiger partial charge in [-0.05, 0) is 50.7 Å². The second kappa shape index (κ2) is 11.9. The number of rotatable bonds is 6. The molecule has 7 nitrogen and oxygen atoms in total. The van der Waals surface area contributed by atoms with Crippen molar-refractivity contribution >= 4 is 11.8 Å². The molecule has 1 amide bonds. The quantitative estimate of drug-likeness (QED) is 0.414. The average molecular weight is 549 g/mol. The third kappa shape index (κ3) is 8.43. The van der Waals surface area contributed by atoms with Gasteiger partial charge in [0.2, 0.25) is 0 Å². The Morgan fingerprint density at radius 2 is 1.85 bits per heavy atom. The van der Waals surface area contributed by atoms with Gasteiger partial charge in [0.1, 0.15) is 5.60 Å². The number of halogens is 3. The monoisotopic (exact) mass is 548 g/mol. The number of alkyl halides is 3. The first kappa shape index (κ1) is 30.4. The van der Waals surface area contributed by atoms with E-state index in [-0.39, 0.29) is 11.3 Å². The molecule has 1 fully saturated rings. The summed E-state index contributed by atoms with van der Waals surface area (Å²) in [4.78, 5) is 16.1. The van der Waals surface area contributed by atoms with Crippen LogP contribution in [0.3, 0.4) is 0 Å². The Kier molecular flexibility index (Phi) is 9.31. The molecule has 2 N–H and O–H groups in total. The van der Waals surface area contributed by atoms with Crippen LogP contribution in [0.25, 0.3) is 0 Å². The fourth-order valence-electron chi connectivity index (χ4n) is 4.18. The Labute approximate surface area is 227 Å². The maximum Gasteiger partial charge on any atom is 0.418 e. The molecule has 0 spiro atoms. The smallest absolute Gasteiger partial charge is 0.418 e. The summed E-state index contributed by atoms with van der Waals surface area (Å²) in [5.74, 6) is 5.10. The van der Waals surface area contributed by atoms with Crippen molar-refractivity contribution in [1.82, 2.24) is 4.98 Å². The molecule has 0 radical (unpaired) electrons. The van der Waals surface area contributed by atoms with Crippen LogP contribution in [-0.2, 0) is 19.6 Å². The molecular formula is C29H35F3N2O5. The molecule has 0 aliphatic carbocycles. The second-order valence-electron chi connectivity index (χ2n) is 11.2. The minimum absolute atomic E-state index is 0.180. The molecule has 1 aromatic heterocycles. The van der Waals surface area contributed by atoms with Crippen molar-refractivity contribution < 1.29 is 37.3 Å². The summed E-state index contributed by atoms with van der Waals surface area (Å²) in [5, 5.41) is 13.4. The maximum absolute atomic E-state index is 14.2. The van der Waals surface area contributed by atoms with Crippen molar-refractivity contribution in [2.45, 2.75) is 83.0 Å². The first-order valence-corrected chi connectivity index (χ1v) is 12.7. The minimum atomic E-state index is -4.94. The SMILES string of the molecule is CC(C)(C)OC(=O)Nc1cnccc1C#CCC(O)(CC(C)(C)c1cccc(C2OCCCO2)c1)C(F)(F)F. The van der Waals surface area contributed by atoms with Crippen molar-refractivity contribution in [3.05, 3.63) is 59.4 Å². The van der Waals surface area contributed by atoms with E-state index in [9.17, 15) is 23.1 Å². The van der Waals surface area contributed by atoms with Crippen molar-refractivity contribution in [2.75, 3.05) is 18.5 Å². The predicted octanol–water partition coefficient (Wildman–Crippen LogP) is 6.27. The zero-order valence-electron chi connectivity index (χ0n) is 22.8. The molecule has 1 saturated heterocycles. The zero-order valence-corrected chi connectivity index (χ0v) is 22.8. The van der Waals surface area contributed by atoms with Gasteiger partial charge < -0.3 is 19.3 Å². The van der Waals surface area contributed by atoms with Gasteiger partial charge in [0, 0.05) is 18.2 Å². The molecule has 1 aliphatic heterocycles. The van der Waals surface area contributed by atoms with Gasteiger partial charge >= 0.3 is 12.3 Å². The molecule has 39 heavy (non-hydrogen) atoms. The Bertz CT molecular complexity index is 1210. The number of aliphatic hydroxyl groups is 1. The fraction of sp³-hybridized carbons (Fsp3) is 0.517. The summed E-state index contributed by atoms with van der Waals surface area (Å²) in [7, 11) is 0. The van der Waals surface area contributed by atoms with Crippen molar-refractivity contribution in [3.63, 3.8) is 0 Å². The van der Waals surface area contributed by atoms with Crippen LogP contribution in [0.2, 0.25) is 0 Å². The highest BCUT2D eigenvalue weighted by Gasteiger charge is 2.55. The molecule has 2 aromatic rings. The van der Waals surface area contributed by atoms with Gasteiger partial charge in [-0.15, -0.1) is 0 Å². The first-order valence-electron chi connectivity index (χ1n) is 12.7. The third-order valence-corrected chi connectivity index (χ3v) is 6.09. The van der Waals surface area contributed by atoms with Gasteiger partial charge in [-0.25, -0.2) is 4.79 Å². The zero-order chi connectivity index (χ0) is 28.9. The standard InChI is InChI=1S/C29H35F3N2O5/c1-26(2,3)39-25(35)34-23-18-33-14-12-20(23)10-7-13-28(36,29(30,31)32)19-27(4,5)22-11-6-9-21(17-22)24-37-15-8-16-38-24/h6,9,11-12,14,17-18,24,36H,8,13,15-16,19H2,1-5H3,(H,34,35). The summed E-state index contributed by atoms with van der Waals surface area (Å²) >= 11 is 0. The highest BCUT2D eigenvalue weighted by molar-refractivity contribution is 5.86. The highest BCUT2D eigenvalue weighted by atomic mass is 19.4. The van der Waals surface area contributed by atoms with Gasteiger partial charge in [0.05, 0.1) is 30.7 Å². The van der Waals surface area contributed by atoms with E-state index in [0.717, 1.165) is 6.42 Å². The molecule has 1 atom stereocenters. The van der Waals surface area contributed by atoms with Crippen molar-refractivity contribution in [3.8, 4) is 11.8 Å². The summed E-state index contributed by atoms with van der Waals surface area (Å²) < 4.78 is 59.1. The summed E-state index contributed by atoms with van der Waals surface area (Å²) in [6.07, 6.45) is -4.28. The number of nitrogens with one attached hydrogen (secondary N) is 1. The number of hydrogen-bond donors (Lipinski definition) is 2. The van der Waals surface area contributed by atoms with Crippen LogP contribution in [0, 0.1) is 11.8 Å². The molecule has 3 rings (SSSR count). The summed E-state index contributed by atoms with van der Waals surface area (Å²) in [6.45, 7) is 9.46. The van der Waals surface area contributed by atoms with E-state index in [1.807, 2.05) is 0 Å². The number of hydrogen-bond acceptors (Lipinski definition) is 6. The van der Waals surface area contributed by atoms with E-state index >= 15 is 0 Å². The van der Waals surface area contributed by atoms with E-state index < -0.39 is 48.0 Å². The Hall–Kier alpha value is -3.13. The Morgan fingerprint density at radius 1 is 1.15 bits per heavy atom. The van der Waals surface area contributed by atoms with Crippen LogP contribution in [-0.4, -0.2) is 46.8 Å². The van der Waals surface area contributed by atoms with E-state index in [1.54, 1.807) is 58.9 Å². The van der Waals surface area contributed by atoms with E-state index in [1.165, 1.54) is 18.5 Å². The number of amides is 1. The number of carbonyl (C=O) groups excluding carboxylic acids is 1. The Balaban J connectivity index is 1.81. The largest absolute Gasteiger partial charge is 0.444 e. The van der Waals surface area contributed by atoms with Crippen LogP contribution in [0.5, 0.6) is 0 Å². The molecule has 212 valence electrons. The number of anilines is 1. The number of carbonyl (C=O) groups is 1. The number of nitrogens with zero attached hydrogens (tertiary/aromatic N) is 1. The fourth-order valence-corrected chi connectivity index (χ4v) is 4.18. The molecule has 1 aliphatic rings. The van der Waals surface area contributed by atoms with E-state index in [2.05, 4.69) is 22.1 Å². The molecule has 10 heteroatoms. The van der Waals surface area contributed by atoms with Gasteiger partial charge in [-0.2, -0.15) is 13.2 Å². The molecule has 0 saturated carbocycles. The van der Waals surface area contributed by atoms with Gasteiger partial charge in [-0.3, -0.25) is 10.3 Å². The predicted molar refractivity (Wildman–Crippen MR) is 140 cm³/mol. The first-order chi connectivity index (χ1) is 18.1. The number of aromatic nitrogens is 1. The van der Waals surface area contributed by atoms with Crippen LogP contribution >= 0.6 is 0 Å². The van der Waals surface area contributed by atoms with Crippen molar-refractivity contribution in [2.24, 2.45) is 0 Å². The van der Waals surface area contributed by atoms with Crippen LogP contribution in [0.1, 0.15) is 76.9 Å². The van der Waals surface area contributed by atoms with Crippen LogP contribution in [0.4, 0.5) is 23.7 Å². The molecule has 0 bridgehead atoms. The number of benzene rings is 1. The van der Waals surface area contributed by atoms with Crippen LogP contribution < -0.4 is 5.32 Å². The normalized spacial score (nSPS) is 16.5. The molecule has 1 aromatic carbocycles. The maximum atomic E-state index is 14.2. The third-order valence-electron chi connectivity index (χ3n) is 6.09. The second-order valence-corrected chi connectivity index (χ2v) is 11.2. The van der Waals surface area contributed by atoms with Gasteiger partial charge in [0.25, 0.3) is 0 Å². The molecule has 2 heterocycles. The minimum Gasteiger partial charge on any atom is -0.444 e. The number of ether oxygens (including phenoxy) is 3. The van der Waals surface area contributed by atoms with Gasteiger partial charge in [-0.1, -0.05) is 50.0 Å². The molecular weight excluding hydrogens is 513 g/mol. The lowest BCUT2D eigenvalue weighted by molar-refractivity contribution is -0.264. The summed E-state index contributed by atoms with van der Waals surface area (Å²) in [5.41, 5.74) is -3.19.